The fourth-order valence-electron chi connectivity index (χ4n) is 3.66. The van der Waals surface area contributed by atoms with Crippen molar-refractivity contribution in [3.05, 3.63) is 23.9 Å². The standard InChI is InChI=1S/C18H28N6O.HI/c1-20-18(24-9-2-3-10-24)22-13-15-5-4-8-21-17(15)23-11-6-14(7-12-23)16(19)25;/h4-5,8,14H,2-3,6-7,9-13H2,1H3,(H2,19,25)(H,20,22);1H. The average molecular weight is 472 g/mol. The first-order chi connectivity index (χ1) is 12.2. The van der Waals surface area contributed by atoms with Crippen LogP contribution < -0.4 is 16.0 Å². The van der Waals surface area contributed by atoms with Crippen LogP contribution in [0.15, 0.2) is 23.3 Å². The molecule has 0 aliphatic carbocycles. The van der Waals surface area contributed by atoms with Gasteiger partial charge in [-0.15, -0.1) is 24.0 Å². The van der Waals surface area contributed by atoms with Crippen molar-refractivity contribution in [2.75, 3.05) is 38.1 Å². The van der Waals surface area contributed by atoms with Gasteiger partial charge in [0.2, 0.25) is 5.91 Å². The average Bonchev–Trinajstić information content (AvgIpc) is 3.17. The van der Waals surface area contributed by atoms with Gasteiger partial charge in [0.1, 0.15) is 5.82 Å². The summed E-state index contributed by atoms with van der Waals surface area (Å²) in [6.45, 7) is 4.47. The van der Waals surface area contributed by atoms with Crippen LogP contribution in [-0.4, -0.2) is 55.0 Å². The molecule has 0 radical (unpaired) electrons. The van der Waals surface area contributed by atoms with Gasteiger partial charge in [0.05, 0.1) is 0 Å². The number of likely N-dealkylation sites (tertiary alicyclic amines) is 1. The van der Waals surface area contributed by atoms with Crippen LogP contribution in [0.2, 0.25) is 0 Å². The summed E-state index contributed by atoms with van der Waals surface area (Å²) >= 11 is 0. The lowest BCUT2D eigenvalue weighted by Crippen LogP contribution is -2.41. The van der Waals surface area contributed by atoms with Crippen molar-refractivity contribution >= 4 is 41.7 Å². The number of amides is 1. The van der Waals surface area contributed by atoms with E-state index in [4.69, 9.17) is 5.73 Å². The van der Waals surface area contributed by atoms with E-state index in [-0.39, 0.29) is 35.8 Å². The third-order valence-corrected chi connectivity index (χ3v) is 5.12. The van der Waals surface area contributed by atoms with Crippen molar-refractivity contribution in [2.24, 2.45) is 16.6 Å². The number of hydrogen-bond donors (Lipinski definition) is 2. The molecule has 3 N–H and O–H groups in total. The molecule has 0 atom stereocenters. The normalized spacial score (nSPS) is 18.6. The largest absolute Gasteiger partial charge is 0.369 e. The maximum absolute atomic E-state index is 11.4. The number of halogens is 1. The minimum Gasteiger partial charge on any atom is -0.369 e. The predicted molar refractivity (Wildman–Crippen MR) is 115 cm³/mol. The Morgan fingerprint density at radius 2 is 2.00 bits per heavy atom. The molecule has 3 rings (SSSR count). The van der Waals surface area contributed by atoms with Gasteiger partial charge in [-0.2, -0.15) is 0 Å². The van der Waals surface area contributed by atoms with Crippen molar-refractivity contribution in [1.82, 2.24) is 15.2 Å². The Labute approximate surface area is 172 Å². The quantitative estimate of drug-likeness (QED) is 0.395. The second-order valence-electron chi connectivity index (χ2n) is 6.74. The fraction of sp³-hybridized carbons (Fsp3) is 0.611. The van der Waals surface area contributed by atoms with Gasteiger partial charge in [-0.25, -0.2) is 4.98 Å². The zero-order valence-corrected chi connectivity index (χ0v) is 17.7. The summed E-state index contributed by atoms with van der Waals surface area (Å²) in [6, 6.07) is 4.07. The molecule has 0 bridgehead atoms. The molecule has 2 fully saturated rings. The second kappa shape index (κ2) is 9.94. The molecule has 2 saturated heterocycles. The molecule has 0 saturated carbocycles. The number of nitrogens with two attached hydrogens (primary N) is 1. The lowest BCUT2D eigenvalue weighted by atomic mass is 9.96. The number of carbonyl (C=O) groups is 1. The number of hydrogen-bond acceptors (Lipinski definition) is 4. The summed E-state index contributed by atoms with van der Waals surface area (Å²) in [4.78, 5) is 24.9. The molecule has 1 aromatic heterocycles. The SMILES string of the molecule is CN=C(NCc1cccnc1N1CCC(C(N)=O)CC1)N1CCCC1.I. The monoisotopic (exact) mass is 472 g/mol. The van der Waals surface area contributed by atoms with E-state index in [1.54, 1.807) is 0 Å². The smallest absolute Gasteiger partial charge is 0.220 e. The molecule has 3 heterocycles. The third kappa shape index (κ3) is 4.99. The number of rotatable bonds is 4. The van der Waals surface area contributed by atoms with Crippen LogP contribution in [0.4, 0.5) is 5.82 Å². The van der Waals surface area contributed by atoms with Crippen molar-refractivity contribution in [3.63, 3.8) is 0 Å². The summed E-state index contributed by atoms with van der Waals surface area (Å²) in [7, 11) is 1.83. The highest BCUT2D eigenvalue weighted by Crippen LogP contribution is 2.24. The number of carbonyl (C=O) groups excluding carboxylic acids is 1. The van der Waals surface area contributed by atoms with Gasteiger partial charge in [-0.05, 0) is 31.7 Å². The van der Waals surface area contributed by atoms with Crippen LogP contribution in [-0.2, 0) is 11.3 Å². The highest BCUT2D eigenvalue weighted by molar-refractivity contribution is 14.0. The number of piperidine rings is 1. The summed E-state index contributed by atoms with van der Waals surface area (Å²) in [5.74, 6) is 1.77. The van der Waals surface area contributed by atoms with Crippen molar-refractivity contribution in [2.45, 2.75) is 32.2 Å². The van der Waals surface area contributed by atoms with E-state index in [0.717, 1.165) is 56.4 Å². The number of nitrogens with one attached hydrogen (secondary N) is 1. The van der Waals surface area contributed by atoms with Crippen molar-refractivity contribution in [1.29, 1.82) is 0 Å². The summed E-state index contributed by atoms with van der Waals surface area (Å²) in [5.41, 5.74) is 6.59. The molecule has 1 aromatic rings. The molecule has 1 amide bonds. The Morgan fingerprint density at radius 3 is 2.62 bits per heavy atom. The zero-order chi connectivity index (χ0) is 17.6. The van der Waals surface area contributed by atoms with E-state index in [0.29, 0.717) is 6.54 Å². The first-order valence-corrected chi connectivity index (χ1v) is 9.13. The zero-order valence-electron chi connectivity index (χ0n) is 15.4. The Morgan fingerprint density at radius 1 is 1.31 bits per heavy atom. The number of nitrogens with zero attached hydrogens (tertiary/aromatic N) is 4. The lowest BCUT2D eigenvalue weighted by Gasteiger charge is -2.32. The number of guanidine groups is 1. The molecule has 144 valence electrons. The van der Waals surface area contributed by atoms with Crippen LogP contribution in [0, 0.1) is 5.92 Å². The van der Waals surface area contributed by atoms with Gasteiger partial charge in [-0.1, -0.05) is 6.07 Å². The van der Waals surface area contributed by atoms with Gasteiger partial charge in [0.15, 0.2) is 5.96 Å². The first-order valence-electron chi connectivity index (χ1n) is 9.13. The molecule has 2 aliphatic heterocycles. The maximum atomic E-state index is 11.4. The molecule has 7 nitrogen and oxygen atoms in total. The molecule has 2 aliphatic rings. The van der Waals surface area contributed by atoms with Crippen LogP contribution >= 0.6 is 24.0 Å². The van der Waals surface area contributed by atoms with Crippen LogP contribution in [0.3, 0.4) is 0 Å². The van der Waals surface area contributed by atoms with Gasteiger partial charge in [0, 0.05) is 57.4 Å². The Kier molecular flexibility index (Phi) is 7.92. The Bertz CT molecular complexity index is 624. The number of pyridine rings is 1. The van der Waals surface area contributed by atoms with Crippen LogP contribution in [0.5, 0.6) is 0 Å². The van der Waals surface area contributed by atoms with E-state index >= 15 is 0 Å². The summed E-state index contributed by atoms with van der Waals surface area (Å²) < 4.78 is 0. The number of anilines is 1. The minimum absolute atomic E-state index is 0. The van der Waals surface area contributed by atoms with Gasteiger partial charge in [0.25, 0.3) is 0 Å². The van der Waals surface area contributed by atoms with E-state index < -0.39 is 0 Å². The van der Waals surface area contributed by atoms with Gasteiger partial charge in [-0.3, -0.25) is 9.79 Å². The molecule has 26 heavy (non-hydrogen) atoms. The van der Waals surface area contributed by atoms with E-state index in [2.05, 4.69) is 31.2 Å². The van der Waals surface area contributed by atoms with Crippen LogP contribution in [0.1, 0.15) is 31.2 Å². The van der Waals surface area contributed by atoms with Gasteiger partial charge < -0.3 is 20.9 Å². The molecular weight excluding hydrogens is 443 g/mol. The molecular formula is C18H29IN6O. The van der Waals surface area contributed by atoms with E-state index in [1.165, 1.54) is 12.8 Å². The summed E-state index contributed by atoms with van der Waals surface area (Å²) in [5, 5.41) is 3.47. The van der Waals surface area contributed by atoms with E-state index in [1.807, 2.05) is 19.3 Å². The fourth-order valence-corrected chi connectivity index (χ4v) is 3.66. The lowest BCUT2D eigenvalue weighted by molar-refractivity contribution is -0.122. The molecule has 0 aromatic carbocycles. The third-order valence-electron chi connectivity index (χ3n) is 5.12. The summed E-state index contributed by atoms with van der Waals surface area (Å²) in [6.07, 6.45) is 5.89. The first kappa shape index (κ1) is 20.7. The topological polar surface area (TPSA) is 86.9 Å². The number of aliphatic imine (C=N–C) groups is 1. The Balaban J connectivity index is 0.00000243. The maximum Gasteiger partial charge on any atom is 0.220 e. The Hall–Kier alpha value is -1.58. The number of aromatic nitrogens is 1. The highest BCUT2D eigenvalue weighted by Gasteiger charge is 2.25. The molecule has 8 heteroatoms. The minimum atomic E-state index is -0.183. The highest BCUT2D eigenvalue weighted by atomic mass is 127. The number of primary amides is 1. The van der Waals surface area contributed by atoms with Crippen LogP contribution in [0.25, 0.3) is 0 Å². The van der Waals surface area contributed by atoms with Crippen molar-refractivity contribution < 1.29 is 4.79 Å². The predicted octanol–water partition coefficient (Wildman–Crippen LogP) is 1.57. The second-order valence-corrected chi connectivity index (χ2v) is 6.74. The van der Waals surface area contributed by atoms with Crippen molar-refractivity contribution in [3.8, 4) is 0 Å². The van der Waals surface area contributed by atoms with E-state index in [9.17, 15) is 4.79 Å². The van der Waals surface area contributed by atoms with Gasteiger partial charge >= 0.3 is 0 Å². The molecule has 0 spiro atoms. The molecule has 0 unspecified atom stereocenters.